The number of hydrogen-bond donors (Lipinski definition) is 2. The predicted molar refractivity (Wildman–Crippen MR) is 106 cm³/mol. The molecule has 1 aromatic rings. The molecule has 146 valence electrons. The van der Waals surface area contributed by atoms with Gasteiger partial charge < -0.3 is 20.4 Å². The van der Waals surface area contributed by atoms with Gasteiger partial charge in [-0.3, -0.25) is 4.79 Å². The Morgan fingerprint density at radius 2 is 1.81 bits per heavy atom. The van der Waals surface area contributed by atoms with Gasteiger partial charge in [0.05, 0.1) is 0 Å². The first kappa shape index (κ1) is 22.3. The number of benzene rings is 1. The first-order chi connectivity index (χ1) is 12.1. The molecule has 0 radical (unpaired) electrons. The van der Waals surface area contributed by atoms with Crippen molar-refractivity contribution in [2.24, 2.45) is 5.92 Å². The molecule has 0 unspecified atom stereocenters. The van der Waals surface area contributed by atoms with Crippen molar-refractivity contribution in [3.8, 4) is 0 Å². The standard InChI is InChI=1S/C19H30N4O2.ClH/c1-3-20-11-12-21-18(24)17-9-13-23(14-10-17)19(25)22(2)15-16-7-5-4-6-8-16;/h4-8,17,20H,3,9-15H2,1-2H3,(H,21,24);1H. The molecule has 1 aliphatic heterocycles. The number of nitrogens with one attached hydrogen (secondary N) is 2. The molecule has 2 N–H and O–H groups in total. The lowest BCUT2D eigenvalue weighted by Crippen LogP contribution is -2.47. The number of halogens is 1. The van der Waals surface area contributed by atoms with Crippen molar-refractivity contribution in [2.45, 2.75) is 26.3 Å². The second-order valence-electron chi connectivity index (χ2n) is 6.53. The van der Waals surface area contributed by atoms with Gasteiger partial charge in [-0.1, -0.05) is 37.3 Å². The van der Waals surface area contributed by atoms with Crippen molar-refractivity contribution in [1.82, 2.24) is 20.4 Å². The van der Waals surface area contributed by atoms with Gasteiger partial charge in [0.15, 0.2) is 0 Å². The van der Waals surface area contributed by atoms with Gasteiger partial charge in [0.25, 0.3) is 0 Å². The second kappa shape index (κ2) is 11.8. The van der Waals surface area contributed by atoms with Gasteiger partial charge in [0.2, 0.25) is 5.91 Å². The van der Waals surface area contributed by atoms with Crippen LogP contribution in [0.5, 0.6) is 0 Å². The van der Waals surface area contributed by atoms with Crippen molar-refractivity contribution >= 4 is 24.3 Å². The fraction of sp³-hybridized carbons (Fsp3) is 0.579. The molecule has 1 aromatic carbocycles. The number of nitrogens with zero attached hydrogens (tertiary/aromatic N) is 2. The van der Waals surface area contributed by atoms with Crippen molar-refractivity contribution in [1.29, 1.82) is 0 Å². The summed E-state index contributed by atoms with van der Waals surface area (Å²) in [7, 11) is 1.83. The zero-order valence-corrected chi connectivity index (χ0v) is 16.6. The lowest BCUT2D eigenvalue weighted by Gasteiger charge is -2.34. The smallest absolute Gasteiger partial charge is 0.320 e. The Kier molecular flexibility index (Phi) is 10.1. The Labute approximate surface area is 162 Å². The summed E-state index contributed by atoms with van der Waals surface area (Å²) in [6.07, 6.45) is 1.47. The summed E-state index contributed by atoms with van der Waals surface area (Å²) >= 11 is 0. The van der Waals surface area contributed by atoms with Gasteiger partial charge in [-0.15, -0.1) is 12.4 Å². The van der Waals surface area contributed by atoms with Crippen LogP contribution in [0.1, 0.15) is 25.3 Å². The van der Waals surface area contributed by atoms with Gasteiger partial charge in [-0.05, 0) is 24.9 Å². The highest BCUT2D eigenvalue weighted by atomic mass is 35.5. The van der Waals surface area contributed by atoms with Crippen LogP contribution in [0.15, 0.2) is 30.3 Å². The lowest BCUT2D eigenvalue weighted by atomic mass is 9.96. The molecule has 7 heteroatoms. The number of piperidine rings is 1. The zero-order chi connectivity index (χ0) is 18.1. The van der Waals surface area contributed by atoms with E-state index in [4.69, 9.17) is 0 Å². The van der Waals surface area contributed by atoms with Crippen molar-refractivity contribution in [3.05, 3.63) is 35.9 Å². The topological polar surface area (TPSA) is 64.7 Å². The average molecular weight is 383 g/mol. The highest BCUT2D eigenvalue weighted by Gasteiger charge is 2.28. The Morgan fingerprint density at radius 1 is 1.15 bits per heavy atom. The Morgan fingerprint density at radius 3 is 2.42 bits per heavy atom. The third kappa shape index (κ3) is 6.84. The molecule has 3 amide bonds. The van der Waals surface area contributed by atoms with Gasteiger partial charge >= 0.3 is 6.03 Å². The van der Waals surface area contributed by atoms with Gasteiger partial charge in [-0.25, -0.2) is 4.79 Å². The highest BCUT2D eigenvalue weighted by molar-refractivity contribution is 5.85. The Hall–Kier alpha value is -1.79. The minimum Gasteiger partial charge on any atom is -0.355 e. The molecule has 6 nitrogen and oxygen atoms in total. The summed E-state index contributed by atoms with van der Waals surface area (Å²) in [6, 6.07) is 10.0. The number of urea groups is 1. The van der Waals surface area contributed by atoms with Gasteiger partial charge in [0.1, 0.15) is 0 Å². The van der Waals surface area contributed by atoms with Crippen molar-refractivity contribution < 1.29 is 9.59 Å². The molecule has 26 heavy (non-hydrogen) atoms. The molecule has 2 rings (SSSR count). The average Bonchev–Trinajstić information content (AvgIpc) is 2.65. The van der Waals surface area contributed by atoms with Crippen LogP contribution in [0.25, 0.3) is 0 Å². The van der Waals surface area contributed by atoms with Gasteiger partial charge in [-0.2, -0.15) is 0 Å². The molecule has 0 saturated carbocycles. The number of carbonyl (C=O) groups excluding carboxylic acids is 2. The van der Waals surface area contributed by atoms with Crippen LogP contribution in [-0.4, -0.2) is 61.5 Å². The van der Waals surface area contributed by atoms with E-state index in [1.165, 1.54) is 0 Å². The van der Waals surface area contributed by atoms with Crippen LogP contribution in [0, 0.1) is 5.92 Å². The van der Waals surface area contributed by atoms with Crippen LogP contribution in [0.3, 0.4) is 0 Å². The van der Waals surface area contributed by atoms with E-state index in [1.54, 1.807) is 4.90 Å². The SMILES string of the molecule is CCNCCNC(=O)C1CCN(C(=O)N(C)Cc2ccccc2)CC1.Cl. The maximum Gasteiger partial charge on any atom is 0.320 e. The number of likely N-dealkylation sites (N-methyl/N-ethyl adjacent to an activating group) is 1. The summed E-state index contributed by atoms with van der Waals surface area (Å²) in [5.41, 5.74) is 1.12. The molecule has 1 heterocycles. The summed E-state index contributed by atoms with van der Waals surface area (Å²) in [5, 5.41) is 6.16. The van der Waals surface area contributed by atoms with E-state index in [9.17, 15) is 9.59 Å². The van der Waals surface area contributed by atoms with Crippen LogP contribution in [0.4, 0.5) is 4.79 Å². The molecule has 0 atom stereocenters. The minimum absolute atomic E-state index is 0. The summed E-state index contributed by atoms with van der Waals surface area (Å²) in [4.78, 5) is 28.3. The molecular formula is C19H31ClN4O2. The number of amides is 3. The number of carbonyl (C=O) groups is 2. The maximum atomic E-state index is 12.6. The van der Waals surface area contributed by atoms with E-state index in [0.717, 1.165) is 31.5 Å². The monoisotopic (exact) mass is 382 g/mol. The largest absolute Gasteiger partial charge is 0.355 e. The molecule has 1 aliphatic rings. The van der Waals surface area contributed by atoms with Gasteiger partial charge in [0, 0.05) is 45.7 Å². The number of likely N-dealkylation sites (tertiary alicyclic amines) is 1. The quantitative estimate of drug-likeness (QED) is 0.710. The van der Waals surface area contributed by atoms with E-state index in [-0.39, 0.29) is 30.3 Å². The van der Waals surface area contributed by atoms with Crippen molar-refractivity contribution in [2.75, 3.05) is 39.8 Å². The predicted octanol–water partition coefficient (Wildman–Crippen LogP) is 2.10. The second-order valence-corrected chi connectivity index (χ2v) is 6.53. The normalized spacial score (nSPS) is 14.5. The van der Waals surface area contributed by atoms with E-state index < -0.39 is 0 Å². The molecule has 1 fully saturated rings. The Bertz CT molecular complexity index is 548. The van der Waals surface area contributed by atoms with E-state index in [2.05, 4.69) is 10.6 Å². The molecule has 0 aliphatic carbocycles. The maximum absolute atomic E-state index is 12.6. The number of hydrogen-bond acceptors (Lipinski definition) is 3. The summed E-state index contributed by atoms with van der Waals surface area (Å²) < 4.78 is 0. The first-order valence-corrected chi connectivity index (χ1v) is 9.14. The third-order valence-corrected chi connectivity index (χ3v) is 4.58. The first-order valence-electron chi connectivity index (χ1n) is 9.14. The molecular weight excluding hydrogens is 352 g/mol. The summed E-state index contributed by atoms with van der Waals surface area (Å²) in [6.45, 7) is 6.29. The minimum atomic E-state index is 0. The van der Waals surface area contributed by atoms with Crippen LogP contribution < -0.4 is 10.6 Å². The van der Waals surface area contributed by atoms with E-state index in [0.29, 0.717) is 26.2 Å². The molecule has 0 spiro atoms. The fourth-order valence-corrected chi connectivity index (χ4v) is 3.09. The lowest BCUT2D eigenvalue weighted by molar-refractivity contribution is -0.126. The molecule has 0 bridgehead atoms. The van der Waals surface area contributed by atoms with Crippen LogP contribution >= 0.6 is 12.4 Å². The Balaban J connectivity index is 0.00000338. The zero-order valence-electron chi connectivity index (χ0n) is 15.7. The van der Waals surface area contributed by atoms with E-state index >= 15 is 0 Å². The molecule has 1 saturated heterocycles. The third-order valence-electron chi connectivity index (χ3n) is 4.58. The fourth-order valence-electron chi connectivity index (χ4n) is 3.09. The highest BCUT2D eigenvalue weighted by Crippen LogP contribution is 2.18. The van der Waals surface area contributed by atoms with Crippen LogP contribution in [-0.2, 0) is 11.3 Å². The number of rotatable bonds is 7. The van der Waals surface area contributed by atoms with E-state index in [1.807, 2.05) is 49.2 Å². The molecule has 0 aromatic heterocycles. The van der Waals surface area contributed by atoms with Crippen LogP contribution in [0.2, 0.25) is 0 Å². The van der Waals surface area contributed by atoms with Crippen molar-refractivity contribution in [3.63, 3.8) is 0 Å². The summed E-state index contributed by atoms with van der Waals surface area (Å²) in [5.74, 6) is 0.132.